The molecule has 0 amide bonds. The number of hydrogen-bond acceptors (Lipinski definition) is 4. The molecular weight excluding hydrogens is 272 g/mol. The summed E-state index contributed by atoms with van der Waals surface area (Å²) in [5, 5.41) is 0. The van der Waals surface area contributed by atoms with Crippen LogP contribution in [0.2, 0.25) is 0 Å². The van der Waals surface area contributed by atoms with E-state index in [1.807, 2.05) is 11.8 Å². The summed E-state index contributed by atoms with van der Waals surface area (Å²) in [6, 6.07) is 0. The van der Waals surface area contributed by atoms with Crippen molar-refractivity contribution in [2.75, 3.05) is 6.61 Å². The molecule has 0 radical (unpaired) electrons. The van der Waals surface area contributed by atoms with Crippen molar-refractivity contribution in [1.82, 2.24) is 0 Å². The zero-order valence-electron chi connectivity index (χ0n) is 9.73. The lowest BCUT2D eigenvalue weighted by molar-refractivity contribution is -0.158. The molecule has 0 aliphatic carbocycles. The SMILES string of the molecule is C#CC(C)OP(=O)(OCC(F)(F)F)OC(C)C#C. The summed E-state index contributed by atoms with van der Waals surface area (Å²) >= 11 is 0. The van der Waals surface area contributed by atoms with Gasteiger partial charge in [0.1, 0.15) is 12.2 Å². The van der Waals surface area contributed by atoms with Crippen molar-refractivity contribution in [1.29, 1.82) is 0 Å². The van der Waals surface area contributed by atoms with Gasteiger partial charge in [0.25, 0.3) is 0 Å². The average molecular weight is 284 g/mol. The third-order valence-corrected chi connectivity index (χ3v) is 3.02. The summed E-state index contributed by atoms with van der Waals surface area (Å²) in [7, 11) is -4.47. The molecule has 0 spiro atoms. The van der Waals surface area contributed by atoms with Gasteiger partial charge in [0, 0.05) is 0 Å². The maximum atomic E-state index is 12.0. The molecule has 0 bridgehead atoms. The first kappa shape index (κ1) is 17.0. The van der Waals surface area contributed by atoms with E-state index in [0.29, 0.717) is 0 Å². The topological polar surface area (TPSA) is 44.8 Å². The smallest absolute Gasteiger partial charge is 0.277 e. The van der Waals surface area contributed by atoms with E-state index in [1.165, 1.54) is 13.8 Å². The second-order valence-electron chi connectivity index (χ2n) is 3.16. The largest absolute Gasteiger partial charge is 0.477 e. The van der Waals surface area contributed by atoms with E-state index in [0.717, 1.165) is 0 Å². The molecule has 0 saturated heterocycles. The minimum absolute atomic E-state index is 1.05. The highest BCUT2D eigenvalue weighted by atomic mass is 31.2. The molecule has 0 aromatic heterocycles. The number of phosphoric ester groups is 1. The molecule has 0 aliphatic heterocycles. The Morgan fingerprint density at radius 3 is 1.83 bits per heavy atom. The van der Waals surface area contributed by atoms with Gasteiger partial charge < -0.3 is 0 Å². The van der Waals surface area contributed by atoms with Crippen LogP contribution in [0.15, 0.2) is 0 Å². The van der Waals surface area contributed by atoms with E-state index in [1.54, 1.807) is 0 Å². The molecular formula is C10H12F3O4P. The van der Waals surface area contributed by atoms with Gasteiger partial charge in [-0.05, 0) is 13.8 Å². The molecule has 0 aromatic carbocycles. The maximum Gasteiger partial charge on any atom is 0.477 e. The normalized spacial score (nSPS) is 18.2. The highest BCUT2D eigenvalue weighted by Crippen LogP contribution is 2.52. The van der Waals surface area contributed by atoms with Crippen molar-refractivity contribution >= 4 is 7.82 Å². The minimum Gasteiger partial charge on any atom is -0.277 e. The number of terminal acetylenes is 2. The quantitative estimate of drug-likeness (QED) is 0.555. The van der Waals surface area contributed by atoms with Crippen molar-refractivity contribution in [3.8, 4) is 24.7 Å². The van der Waals surface area contributed by atoms with Gasteiger partial charge in [0.15, 0.2) is 6.61 Å². The zero-order chi connectivity index (χ0) is 14.4. The standard InChI is InChI=1S/C10H12F3O4P/c1-5-8(3)16-18(14,17-9(4)6-2)15-7-10(11,12)13/h1-2,8-9H,7H2,3-4H3. The number of halogens is 3. The number of phosphoric acid groups is 1. The molecule has 2 unspecified atom stereocenters. The first-order valence-electron chi connectivity index (χ1n) is 4.72. The first-order chi connectivity index (χ1) is 8.12. The van der Waals surface area contributed by atoms with Crippen molar-refractivity contribution < 1.29 is 31.3 Å². The molecule has 0 aromatic rings. The Kier molecular flexibility index (Phi) is 6.45. The van der Waals surface area contributed by atoms with Crippen molar-refractivity contribution in [3.63, 3.8) is 0 Å². The fourth-order valence-electron chi connectivity index (χ4n) is 0.686. The second kappa shape index (κ2) is 6.82. The van der Waals surface area contributed by atoms with Gasteiger partial charge in [-0.25, -0.2) is 4.57 Å². The predicted octanol–water partition coefficient (Wildman–Crippen LogP) is 2.75. The molecule has 0 rings (SSSR count). The summed E-state index contributed by atoms with van der Waals surface area (Å²) < 4.78 is 61.2. The van der Waals surface area contributed by atoms with E-state index in [2.05, 4.69) is 13.6 Å². The summed E-state index contributed by atoms with van der Waals surface area (Å²) in [6.45, 7) is 0.805. The Labute approximate surface area is 103 Å². The Hall–Kier alpha value is -0.980. The predicted molar refractivity (Wildman–Crippen MR) is 58.4 cm³/mol. The lowest BCUT2D eigenvalue weighted by Gasteiger charge is -2.21. The molecule has 0 saturated carbocycles. The molecule has 0 fully saturated rings. The van der Waals surface area contributed by atoms with E-state index in [4.69, 9.17) is 12.8 Å². The highest BCUT2D eigenvalue weighted by Gasteiger charge is 2.37. The van der Waals surface area contributed by atoms with Crippen molar-refractivity contribution in [2.24, 2.45) is 0 Å². The van der Waals surface area contributed by atoms with Gasteiger partial charge in [0.05, 0.1) is 0 Å². The van der Waals surface area contributed by atoms with Crippen LogP contribution in [-0.2, 0) is 18.1 Å². The third-order valence-electron chi connectivity index (χ3n) is 1.43. The van der Waals surface area contributed by atoms with Gasteiger partial charge >= 0.3 is 14.0 Å². The van der Waals surface area contributed by atoms with Gasteiger partial charge in [0.2, 0.25) is 0 Å². The Morgan fingerprint density at radius 1 is 1.17 bits per heavy atom. The summed E-state index contributed by atoms with van der Waals surface area (Å²) in [6.07, 6.45) is 3.14. The fraction of sp³-hybridized carbons (Fsp3) is 0.600. The summed E-state index contributed by atoms with van der Waals surface area (Å²) in [5.74, 6) is 4.04. The summed E-state index contributed by atoms with van der Waals surface area (Å²) in [4.78, 5) is 0. The minimum atomic E-state index is -4.68. The van der Waals surface area contributed by atoms with E-state index in [9.17, 15) is 17.7 Å². The van der Waals surface area contributed by atoms with Crippen LogP contribution in [0.1, 0.15) is 13.8 Å². The number of hydrogen-bond donors (Lipinski definition) is 0. The van der Waals surface area contributed by atoms with Crippen LogP contribution < -0.4 is 0 Å². The van der Waals surface area contributed by atoms with E-state index < -0.39 is 32.8 Å². The molecule has 2 atom stereocenters. The van der Waals surface area contributed by atoms with Crippen LogP contribution in [0.25, 0.3) is 0 Å². The first-order valence-corrected chi connectivity index (χ1v) is 6.18. The molecule has 18 heavy (non-hydrogen) atoms. The van der Waals surface area contributed by atoms with Gasteiger partial charge in [-0.2, -0.15) is 13.2 Å². The fourth-order valence-corrected chi connectivity index (χ4v) is 2.06. The van der Waals surface area contributed by atoms with Gasteiger partial charge in [-0.1, -0.05) is 11.8 Å². The highest BCUT2D eigenvalue weighted by molar-refractivity contribution is 7.48. The monoisotopic (exact) mass is 284 g/mol. The molecule has 0 aliphatic rings. The molecule has 4 nitrogen and oxygen atoms in total. The molecule has 8 heteroatoms. The third kappa shape index (κ3) is 7.37. The van der Waals surface area contributed by atoms with Crippen LogP contribution >= 0.6 is 7.82 Å². The van der Waals surface area contributed by atoms with Gasteiger partial charge in [-0.3, -0.25) is 13.6 Å². The Morgan fingerprint density at radius 2 is 1.56 bits per heavy atom. The maximum absolute atomic E-state index is 12.0. The average Bonchev–Trinajstić information content (AvgIpc) is 2.25. The molecule has 102 valence electrons. The van der Waals surface area contributed by atoms with Crippen LogP contribution in [0.5, 0.6) is 0 Å². The number of alkyl halides is 3. The van der Waals surface area contributed by atoms with E-state index in [-0.39, 0.29) is 0 Å². The van der Waals surface area contributed by atoms with Crippen LogP contribution in [-0.4, -0.2) is 25.0 Å². The van der Waals surface area contributed by atoms with E-state index >= 15 is 0 Å². The lowest BCUT2D eigenvalue weighted by atomic mass is 10.4. The molecule has 0 heterocycles. The lowest BCUT2D eigenvalue weighted by Crippen LogP contribution is -2.19. The second-order valence-corrected chi connectivity index (χ2v) is 4.74. The van der Waals surface area contributed by atoms with Crippen LogP contribution in [0.3, 0.4) is 0 Å². The van der Waals surface area contributed by atoms with Crippen molar-refractivity contribution in [2.45, 2.75) is 32.2 Å². The van der Waals surface area contributed by atoms with Crippen LogP contribution in [0, 0.1) is 24.7 Å². The summed E-state index contributed by atoms with van der Waals surface area (Å²) in [5.41, 5.74) is 0. The van der Waals surface area contributed by atoms with Gasteiger partial charge in [-0.15, -0.1) is 12.8 Å². The zero-order valence-corrected chi connectivity index (χ0v) is 10.6. The Bertz CT molecular complexity index is 367. The van der Waals surface area contributed by atoms with Crippen LogP contribution in [0.4, 0.5) is 13.2 Å². The number of rotatable bonds is 6. The van der Waals surface area contributed by atoms with Crippen molar-refractivity contribution in [3.05, 3.63) is 0 Å². The Balaban J connectivity index is 4.77. The molecule has 0 N–H and O–H groups in total.